The number of allylic oxidation sites excluding steroid dienone is 1. The maximum absolute atomic E-state index is 9.85. The molecule has 0 fully saturated rings. The molecule has 27 heavy (non-hydrogen) atoms. The quantitative estimate of drug-likeness (QED) is 0.618. The number of pyridine rings is 2. The van der Waals surface area contributed by atoms with Crippen molar-refractivity contribution in [3.05, 3.63) is 63.6 Å². The molecule has 4 nitrogen and oxygen atoms in total. The van der Waals surface area contributed by atoms with Gasteiger partial charge < -0.3 is 4.74 Å². The average Bonchev–Trinajstić information content (AvgIpc) is 3.21. The van der Waals surface area contributed by atoms with Crippen molar-refractivity contribution in [1.82, 2.24) is 9.97 Å². The van der Waals surface area contributed by atoms with E-state index in [1.54, 1.807) is 17.5 Å². The minimum Gasteiger partial charge on any atom is -0.477 e. The van der Waals surface area contributed by atoms with Crippen LogP contribution in [0.4, 0.5) is 0 Å². The fraction of sp³-hybridized carbons (Fsp3) is 0.227. The van der Waals surface area contributed by atoms with E-state index in [2.05, 4.69) is 34.6 Å². The van der Waals surface area contributed by atoms with Gasteiger partial charge in [0.05, 0.1) is 18.0 Å². The van der Waals surface area contributed by atoms with Gasteiger partial charge in [-0.3, -0.25) is 4.98 Å². The van der Waals surface area contributed by atoms with Crippen LogP contribution in [0.5, 0.6) is 5.88 Å². The van der Waals surface area contributed by atoms with Gasteiger partial charge in [-0.1, -0.05) is 12.1 Å². The van der Waals surface area contributed by atoms with Gasteiger partial charge in [0, 0.05) is 16.6 Å². The van der Waals surface area contributed by atoms with E-state index in [1.165, 1.54) is 10.5 Å². The first-order valence-electron chi connectivity index (χ1n) is 9.07. The molecule has 0 bridgehead atoms. The van der Waals surface area contributed by atoms with Crippen LogP contribution >= 0.6 is 11.3 Å². The summed E-state index contributed by atoms with van der Waals surface area (Å²) < 4.78 is 5.75. The number of aromatic nitrogens is 2. The summed E-state index contributed by atoms with van der Waals surface area (Å²) in [5.41, 5.74) is 5.38. The summed E-state index contributed by atoms with van der Waals surface area (Å²) in [5.74, 6) is 0.401. The van der Waals surface area contributed by atoms with Crippen LogP contribution < -0.4 is 4.74 Å². The van der Waals surface area contributed by atoms with E-state index < -0.39 is 0 Å². The van der Waals surface area contributed by atoms with Crippen LogP contribution in [0.2, 0.25) is 0 Å². The zero-order valence-corrected chi connectivity index (χ0v) is 15.9. The molecule has 4 rings (SSSR count). The minimum atomic E-state index is 0.401. The molecule has 5 heteroatoms. The Morgan fingerprint density at radius 1 is 1.26 bits per heavy atom. The Morgan fingerprint density at radius 3 is 2.89 bits per heavy atom. The van der Waals surface area contributed by atoms with Crippen LogP contribution in [0.25, 0.3) is 22.9 Å². The lowest BCUT2D eigenvalue weighted by molar-refractivity contribution is 0.325. The minimum absolute atomic E-state index is 0.401. The van der Waals surface area contributed by atoms with E-state index in [0.717, 1.165) is 41.8 Å². The zero-order chi connectivity index (χ0) is 18.6. The molecule has 0 saturated heterocycles. The lowest BCUT2D eigenvalue weighted by Crippen LogP contribution is -2.11. The zero-order valence-electron chi connectivity index (χ0n) is 15.1. The number of fused-ring (bicyclic) bond motifs is 1. The summed E-state index contributed by atoms with van der Waals surface area (Å²) in [6, 6.07) is 12.3. The van der Waals surface area contributed by atoms with Crippen LogP contribution in [0, 0.1) is 11.3 Å². The van der Waals surface area contributed by atoms with Crippen molar-refractivity contribution in [3.63, 3.8) is 0 Å². The molecule has 1 aliphatic carbocycles. The summed E-state index contributed by atoms with van der Waals surface area (Å²) in [6.07, 6.45) is 6.85. The first kappa shape index (κ1) is 17.4. The maximum Gasteiger partial charge on any atom is 0.232 e. The second-order valence-corrected chi connectivity index (χ2v) is 7.27. The lowest BCUT2D eigenvalue weighted by Gasteiger charge is -2.23. The molecule has 0 atom stereocenters. The number of ether oxygens (including phenoxy) is 1. The van der Waals surface area contributed by atoms with Crippen LogP contribution in [0.15, 0.2) is 41.9 Å². The third kappa shape index (κ3) is 3.36. The summed E-state index contributed by atoms with van der Waals surface area (Å²) in [6.45, 7) is 2.37. The Morgan fingerprint density at radius 2 is 2.19 bits per heavy atom. The van der Waals surface area contributed by atoms with Crippen LogP contribution in [-0.4, -0.2) is 16.6 Å². The van der Waals surface area contributed by atoms with Crippen molar-refractivity contribution in [2.24, 2.45) is 0 Å². The molecule has 3 aromatic heterocycles. The molecule has 0 unspecified atom stereocenters. The van der Waals surface area contributed by atoms with E-state index in [0.29, 0.717) is 18.1 Å². The highest BCUT2D eigenvalue weighted by Crippen LogP contribution is 2.41. The van der Waals surface area contributed by atoms with Crippen LogP contribution in [-0.2, 0) is 6.42 Å². The molecular weight excluding hydrogens is 354 g/mol. The van der Waals surface area contributed by atoms with Gasteiger partial charge in [-0.05, 0) is 67.0 Å². The summed E-state index contributed by atoms with van der Waals surface area (Å²) >= 11 is 1.71. The largest absolute Gasteiger partial charge is 0.477 e. The molecule has 3 aromatic rings. The fourth-order valence-electron chi connectivity index (χ4n) is 3.51. The van der Waals surface area contributed by atoms with Gasteiger partial charge in [0.1, 0.15) is 11.6 Å². The monoisotopic (exact) mass is 373 g/mol. The Kier molecular flexibility index (Phi) is 4.99. The normalized spacial score (nSPS) is 14.6. The van der Waals surface area contributed by atoms with Crippen LogP contribution in [0.1, 0.15) is 41.5 Å². The van der Waals surface area contributed by atoms with Gasteiger partial charge in [0.15, 0.2) is 0 Å². The Bertz CT molecular complexity index is 1020. The number of hydrogen-bond donors (Lipinski definition) is 0. The van der Waals surface area contributed by atoms with Gasteiger partial charge >= 0.3 is 0 Å². The topological polar surface area (TPSA) is 58.8 Å². The van der Waals surface area contributed by atoms with Gasteiger partial charge in [-0.15, -0.1) is 11.3 Å². The second kappa shape index (κ2) is 7.73. The van der Waals surface area contributed by atoms with Crippen molar-refractivity contribution in [2.75, 3.05) is 6.61 Å². The molecule has 134 valence electrons. The van der Waals surface area contributed by atoms with Gasteiger partial charge in [0.2, 0.25) is 5.88 Å². The molecule has 0 spiro atoms. The highest BCUT2D eigenvalue weighted by Gasteiger charge is 2.26. The van der Waals surface area contributed by atoms with E-state index in [-0.39, 0.29) is 0 Å². The maximum atomic E-state index is 9.85. The second-order valence-electron chi connectivity index (χ2n) is 6.29. The first-order chi connectivity index (χ1) is 13.3. The SMILES string of the molecule is CCOc1nc2c(c(-c3ccccn3)c1C#N)CCCC2=Cc1cccs1. The smallest absolute Gasteiger partial charge is 0.232 e. The molecule has 0 saturated carbocycles. The van der Waals surface area contributed by atoms with E-state index in [1.807, 2.05) is 25.1 Å². The summed E-state index contributed by atoms with van der Waals surface area (Å²) in [5, 5.41) is 11.9. The Hall–Kier alpha value is -2.97. The molecule has 0 aromatic carbocycles. The molecule has 0 N–H and O–H groups in total. The van der Waals surface area contributed by atoms with Gasteiger partial charge in [-0.25, -0.2) is 4.98 Å². The average molecular weight is 373 g/mol. The number of rotatable bonds is 4. The van der Waals surface area contributed by atoms with Gasteiger partial charge in [0.25, 0.3) is 0 Å². The first-order valence-corrected chi connectivity index (χ1v) is 9.95. The molecule has 1 aliphatic rings. The van der Waals surface area contributed by atoms with Crippen molar-refractivity contribution in [2.45, 2.75) is 26.2 Å². The third-order valence-electron chi connectivity index (χ3n) is 4.62. The van der Waals surface area contributed by atoms with Gasteiger partial charge in [-0.2, -0.15) is 5.26 Å². The molecular formula is C22H19N3OS. The Labute approximate surface area is 162 Å². The predicted octanol–water partition coefficient (Wildman–Crippen LogP) is 5.35. The van der Waals surface area contributed by atoms with Crippen LogP contribution in [0.3, 0.4) is 0 Å². The summed E-state index contributed by atoms with van der Waals surface area (Å²) in [7, 11) is 0. The van der Waals surface area contributed by atoms with Crippen molar-refractivity contribution in [1.29, 1.82) is 5.26 Å². The predicted molar refractivity (Wildman–Crippen MR) is 108 cm³/mol. The summed E-state index contributed by atoms with van der Waals surface area (Å²) in [4.78, 5) is 10.5. The Balaban J connectivity index is 1.99. The molecule has 0 aliphatic heterocycles. The van der Waals surface area contributed by atoms with Crippen molar-refractivity contribution < 1.29 is 4.74 Å². The number of thiophene rings is 1. The molecule has 3 heterocycles. The molecule has 0 radical (unpaired) electrons. The lowest BCUT2D eigenvalue weighted by atomic mass is 9.85. The standard InChI is InChI=1S/C22H19N3OS/c1-2-26-22-18(14-23)20(19-10-3-4-11-24-19)17-9-5-7-15(21(17)25-22)13-16-8-6-12-27-16/h3-4,6,8,10-13H,2,5,7,9H2,1H3. The highest BCUT2D eigenvalue weighted by molar-refractivity contribution is 7.10. The fourth-order valence-corrected chi connectivity index (χ4v) is 4.19. The third-order valence-corrected chi connectivity index (χ3v) is 5.43. The number of nitrogens with zero attached hydrogens (tertiary/aromatic N) is 3. The van der Waals surface area contributed by atoms with E-state index in [4.69, 9.17) is 9.72 Å². The number of nitriles is 1. The highest BCUT2D eigenvalue weighted by atomic mass is 32.1. The van der Waals surface area contributed by atoms with Crippen molar-refractivity contribution >= 4 is 23.0 Å². The molecule has 0 amide bonds. The number of hydrogen-bond acceptors (Lipinski definition) is 5. The van der Waals surface area contributed by atoms with Crippen molar-refractivity contribution in [3.8, 4) is 23.2 Å². The van der Waals surface area contributed by atoms with E-state index >= 15 is 0 Å². The van der Waals surface area contributed by atoms with E-state index in [9.17, 15) is 5.26 Å².